The Labute approximate surface area is 200 Å². The molecule has 3 heterocycles. The molecular formula is C28H25NO6. The number of carbonyl (C=O) groups excluding carboxylic acids is 1. The Kier molecular flexibility index (Phi) is 5.02. The maximum absolute atomic E-state index is 13.8. The number of aromatic hydroxyl groups is 1. The Morgan fingerprint density at radius 1 is 1.11 bits per heavy atom. The minimum absolute atomic E-state index is 0.126. The summed E-state index contributed by atoms with van der Waals surface area (Å²) >= 11 is 0. The van der Waals surface area contributed by atoms with Crippen molar-refractivity contribution in [1.82, 2.24) is 4.57 Å². The topological polar surface area (TPSA) is 98.7 Å². The fourth-order valence-corrected chi connectivity index (χ4v) is 5.95. The largest absolute Gasteiger partial charge is 0.508 e. The van der Waals surface area contributed by atoms with E-state index in [0.717, 1.165) is 53.1 Å². The zero-order valence-corrected chi connectivity index (χ0v) is 19.4. The SMILES string of the molecule is COC(=O)CC(c1cc2cccc3c2n(c1=O)CCC3)c1c(O)ccc2c3c(c(=O)oc12)CCC3. The molecule has 1 atom stereocenters. The van der Waals surface area contributed by atoms with Crippen molar-refractivity contribution in [1.29, 1.82) is 0 Å². The lowest BCUT2D eigenvalue weighted by Crippen LogP contribution is -2.30. The number of carbonyl (C=O) groups is 1. The average Bonchev–Trinajstić information content (AvgIpc) is 3.36. The molecule has 0 saturated carbocycles. The van der Waals surface area contributed by atoms with Gasteiger partial charge in [-0.05, 0) is 66.8 Å². The molecule has 7 heteroatoms. The van der Waals surface area contributed by atoms with Crippen LogP contribution in [0.2, 0.25) is 0 Å². The van der Waals surface area contributed by atoms with E-state index in [1.807, 2.05) is 18.2 Å². The van der Waals surface area contributed by atoms with Gasteiger partial charge in [-0.15, -0.1) is 0 Å². The highest BCUT2D eigenvalue weighted by Gasteiger charge is 2.31. The van der Waals surface area contributed by atoms with Crippen LogP contribution >= 0.6 is 0 Å². The van der Waals surface area contributed by atoms with E-state index in [-0.39, 0.29) is 28.9 Å². The summed E-state index contributed by atoms with van der Waals surface area (Å²) in [5.74, 6) is -1.50. The van der Waals surface area contributed by atoms with Gasteiger partial charge in [-0.2, -0.15) is 0 Å². The van der Waals surface area contributed by atoms with Gasteiger partial charge in [0.05, 0.1) is 19.0 Å². The minimum atomic E-state index is -0.847. The molecule has 7 nitrogen and oxygen atoms in total. The van der Waals surface area contributed by atoms with E-state index < -0.39 is 17.5 Å². The summed E-state index contributed by atoms with van der Waals surface area (Å²) in [6, 6.07) is 11.1. The van der Waals surface area contributed by atoms with Gasteiger partial charge in [-0.25, -0.2) is 4.79 Å². The van der Waals surface area contributed by atoms with Gasteiger partial charge >= 0.3 is 11.6 Å². The van der Waals surface area contributed by atoms with Crippen LogP contribution in [0, 0.1) is 0 Å². The molecule has 1 unspecified atom stereocenters. The van der Waals surface area contributed by atoms with Crippen molar-refractivity contribution in [3.63, 3.8) is 0 Å². The third-order valence-electron chi connectivity index (χ3n) is 7.53. The first-order valence-electron chi connectivity index (χ1n) is 12.0. The molecule has 0 radical (unpaired) electrons. The highest BCUT2D eigenvalue weighted by molar-refractivity contribution is 5.89. The maximum Gasteiger partial charge on any atom is 0.339 e. The van der Waals surface area contributed by atoms with Crippen LogP contribution in [0.5, 0.6) is 5.75 Å². The fraction of sp³-hybridized carbons (Fsp3) is 0.321. The van der Waals surface area contributed by atoms with Gasteiger partial charge in [0.25, 0.3) is 5.56 Å². The van der Waals surface area contributed by atoms with Crippen LogP contribution in [0.4, 0.5) is 0 Å². The van der Waals surface area contributed by atoms with Crippen molar-refractivity contribution in [2.24, 2.45) is 0 Å². The Balaban J connectivity index is 1.67. The number of aryl methyl sites for hydroxylation is 3. The predicted molar refractivity (Wildman–Crippen MR) is 131 cm³/mol. The van der Waals surface area contributed by atoms with Crippen LogP contribution in [-0.4, -0.2) is 22.8 Å². The van der Waals surface area contributed by atoms with Gasteiger partial charge in [0.15, 0.2) is 0 Å². The second-order valence-corrected chi connectivity index (χ2v) is 9.42. The molecule has 4 aromatic rings. The van der Waals surface area contributed by atoms with Crippen LogP contribution in [0.25, 0.3) is 21.9 Å². The molecule has 0 fully saturated rings. The van der Waals surface area contributed by atoms with Crippen LogP contribution in [0.3, 0.4) is 0 Å². The van der Waals surface area contributed by atoms with Crippen molar-refractivity contribution in [3.05, 3.63) is 85.0 Å². The third-order valence-corrected chi connectivity index (χ3v) is 7.53. The van der Waals surface area contributed by atoms with E-state index in [1.54, 1.807) is 22.8 Å². The van der Waals surface area contributed by atoms with E-state index in [0.29, 0.717) is 24.1 Å². The van der Waals surface area contributed by atoms with Crippen molar-refractivity contribution >= 4 is 27.8 Å². The molecule has 1 aliphatic carbocycles. The summed E-state index contributed by atoms with van der Waals surface area (Å²) in [5, 5.41) is 12.7. The second kappa shape index (κ2) is 8.12. The Morgan fingerprint density at radius 2 is 1.94 bits per heavy atom. The van der Waals surface area contributed by atoms with Crippen molar-refractivity contribution in [2.45, 2.75) is 51.0 Å². The number of ether oxygens (including phenoxy) is 1. The number of aromatic nitrogens is 1. The number of methoxy groups -OCH3 is 1. The first kappa shape index (κ1) is 21.6. The Bertz CT molecular complexity index is 1640. The van der Waals surface area contributed by atoms with Gasteiger partial charge in [0.2, 0.25) is 0 Å². The molecule has 0 bridgehead atoms. The molecule has 35 heavy (non-hydrogen) atoms. The van der Waals surface area contributed by atoms with Gasteiger partial charge < -0.3 is 18.8 Å². The highest BCUT2D eigenvalue weighted by atomic mass is 16.5. The number of phenols is 1. The number of benzene rings is 2. The first-order chi connectivity index (χ1) is 17.0. The van der Waals surface area contributed by atoms with Gasteiger partial charge in [0, 0.05) is 34.5 Å². The summed E-state index contributed by atoms with van der Waals surface area (Å²) in [7, 11) is 1.29. The lowest BCUT2D eigenvalue weighted by Gasteiger charge is -2.24. The fourth-order valence-electron chi connectivity index (χ4n) is 5.95. The first-order valence-corrected chi connectivity index (χ1v) is 12.0. The van der Waals surface area contributed by atoms with E-state index in [2.05, 4.69) is 0 Å². The lowest BCUT2D eigenvalue weighted by atomic mass is 9.85. The lowest BCUT2D eigenvalue weighted by molar-refractivity contribution is -0.140. The van der Waals surface area contributed by atoms with E-state index in [1.165, 1.54) is 7.11 Å². The third kappa shape index (κ3) is 3.29. The molecule has 2 aliphatic rings. The molecule has 178 valence electrons. The predicted octanol–water partition coefficient (Wildman–Crippen LogP) is 3.94. The number of pyridine rings is 1. The highest BCUT2D eigenvalue weighted by Crippen LogP contribution is 2.41. The van der Waals surface area contributed by atoms with Crippen molar-refractivity contribution in [3.8, 4) is 5.75 Å². The van der Waals surface area contributed by atoms with Gasteiger partial charge in [0.1, 0.15) is 11.3 Å². The number of fused-ring (bicyclic) bond motifs is 3. The molecule has 2 aromatic carbocycles. The summed E-state index contributed by atoms with van der Waals surface area (Å²) in [6.45, 7) is 0.579. The summed E-state index contributed by atoms with van der Waals surface area (Å²) in [6.07, 6.45) is 3.84. The summed E-state index contributed by atoms with van der Waals surface area (Å²) in [4.78, 5) is 39.2. The second-order valence-electron chi connectivity index (χ2n) is 9.42. The number of rotatable bonds is 4. The van der Waals surface area contributed by atoms with Crippen molar-refractivity contribution in [2.75, 3.05) is 7.11 Å². The minimum Gasteiger partial charge on any atom is -0.508 e. The van der Waals surface area contributed by atoms with Crippen LogP contribution in [0.15, 0.2) is 50.4 Å². The molecule has 1 aliphatic heterocycles. The molecule has 0 spiro atoms. The molecule has 6 rings (SSSR count). The Morgan fingerprint density at radius 3 is 2.77 bits per heavy atom. The van der Waals surface area contributed by atoms with Crippen LogP contribution in [-0.2, 0) is 35.3 Å². The van der Waals surface area contributed by atoms with Crippen molar-refractivity contribution < 1.29 is 19.1 Å². The average molecular weight is 472 g/mol. The number of phenolic OH excluding ortho intramolecular Hbond substituents is 1. The number of esters is 1. The Hall–Kier alpha value is -3.87. The maximum atomic E-state index is 13.8. The van der Waals surface area contributed by atoms with Gasteiger partial charge in [-0.1, -0.05) is 18.2 Å². The molecule has 0 saturated heterocycles. The van der Waals surface area contributed by atoms with E-state index in [9.17, 15) is 19.5 Å². The number of nitrogens with zero attached hydrogens (tertiary/aromatic N) is 1. The normalized spacial score (nSPS) is 15.3. The standard InChI is InChI=1S/C28H25NO6/c1-34-23(31)14-20(21-13-16-6-2-5-15-7-4-12-29(25(15)16)27(21)32)24-22(30)11-10-18-17-8-3-9-19(17)28(33)35-26(18)24/h2,5-6,10-11,13,20,30H,3-4,7-9,12,14H2,1H3. The molecular weight excluding hydrogens is 446 g/mol. The number of hydrogen-bond donors (Lipinski definition) is 1. The molecule has 1 N–H and O–H groups in total. The van der Waals surface area contributed by atoms with Crippen LogP contribution in [0.1, 0.15) is 53.0 Å². The molecule has 2 aromatic heterocycles. The van der Waals surface area contributed by atoms with E-state index in [4.69, 9.17) is 9.15 Å². The molecule has 0 amide bonds. The zero-order chi connectivity index (χ0) is 24.3. The quantitative estimate of drug-likeness (QED) is 0.358. The smallest absolute Gasteiger partial charge is 0.339 e. The van der Waals surface area contributed by atoms with Gasteiger partial charge in [-0.3, -0.25) is 9.59 Å². The number of para-hydroxylation sites is 1. The summed E-state index contributed by atoms with van der Waals surface area (Å²) in [5.41, 5.74) is 3.86. The van der Waals surface area contributed by atoms with E-state index >= 15 is 0 Å². The van der Waals surface area contributed by atoms with Crippen LogP contribution < -0.4 is 11.2 Å². The monoisotopic (exact) mass is 471 g/mol. The number of hydrogen-bond acceptors (Lipinski definition) is 6. The summed E-state index contributed by atoms with van der Waals surface area (Å²) < 4.78 is 12.5. The zero-order valence-electron chi connectivity index (χ0n) is 19.4.